The van der Waals surface area contributed by atoms with Crippen LogP contribution in [0.5, 0.6) is 17.2 Å². The van der Waals surface area contributed by atoms with Gasteiger partial charge in [0.2, 0.25) is 5.91 Å². The first kappa shape index (κ1) is 20.8. The summed E-state index contributed by atoms with van der Waals surface area (Å²) in [6.07, 6.45) is -5.54. The number of halogens is 4. The number of rotatable bonds is 2. The van der Waals surface area contributed by atoms with Gasteiger partial charge < -0.3 is 19.1 Å². The lowest BCUT2D eigenvalue weighted by atomic mass is 9.76. The second-order valence-corrected chi connectivity index (χ2v) is 8.14. The van der Waals surface area contributed by atoms with Crippen LogP contribution in [0.2, 0.25) is 0 Å². The summed E-state index contributed by atoms with van der Waals surface area (Å²) in [4.78, 5) is 18.9. The average Bonchev–Trinajstić information content (AvgIpc) is 3.24. The summed E-state index contributed by atoms with van der Waals surface area (Å²) in [5.74, 6) is 0.0917. The largest absolute Gasteiger partial charge is 0.486 e. The third-order valence-electron chi connectivity index (χ3n) is 6.35. The van der Waals surface area contributed by atoms with E-state index in [1.165, 1.54) is 24.4 Å². The number of pyridine rings is 1. The number of nitrogens with zero attached hydrogens (tertiary/aromatic N) is 2. The molecule has 3 aliphatic rings. The topological polar surface area (TPSA) is 60.9 Å². The van der Waals surface area contributed by atoms with Crippen molar-refractivity contribution in [1.29, 1.82) is 0 Å². The van der Waals surface area contributed by atoms with Gasteiger partial charge >= 0.3 is 6.18 Å². The van der Waals surface area contributed by atoms with Crippen molar-refractivity contribution in [3.05, 3.63) is 77.1 Å². The second kappa shape index (κ2) is 7.09. The fraction of sp³-hybridized carbons (Fsp3) is 0.250. The third-order valence-corrected chi connectivity index (χ3v) is 6.35. The predicted octanol–water partition coefficient (Wildman–Crippen LogP) is 4.39. The summed E-state index contributed by atoms with van der Waals surface area (Å²) in [5, 5.41) is 0. The van der Waals surface area contributed by atoms with E-state index in [4.69, 9.17) is 14.2 Å². The van der Waals surface area contributed by atoms with Gasteiger partial charge in [0.05, 0.1) is 17.8 Å². The second-order valence-electron chi connectivity index (χ2n) is 8.14. The Balaban J connectivity index is 1.51. The van der Waals surface area contributed by atoms with E-state index in [2.05, 4.69) is 4.98 Å². The molecule has 6 nitrogen and oxygen atoms in total. The molecule has 0 saturated heterocycles. The summed E-state index contributed by atoms with van der Waals surface area (Å²) in [6.45, 7) is 0.117. The molecule has 10 heteroatoms. The normalized spacial score (nSPS) is 22.5. The van der Waals surface area contributed by atoms with Gasteiger partial charge in [0.1, 0.15) is 19.0 Å². The molecule has 0 bridgehead atoms. The minimum absolute atomic E-state index is 0.121. The van der Waals surface area contributed by atoms with Gasteiger partial charge in [-0.05, 0) is 24.3 Å². The number of ether oxygens (including phenoxy) is 3. The van der Waals surface area contributed by atoms with Crippen molar-refractivity contribution in [2.45, 2.75) is 24.5 Å². The van der Waals surface area contributed by atoms with E-state index >= 15 is 4.39 Å². The van der Waals surface area contributed by atoms with E-state index in [1.807, 2.05) is 0 Å². The zero-order chi connectivity index (χ0) is 23.7. The molecule has 3 aromatic rings. The monoisotopic (exact) mass is 472 g/mol. The van der Waals surface area contributed by atoms with Crippen LogP contribution in [0.25, 0.3) is 0 Å². The van der Waals surface area contributed by atoms with Crippen LogP contribution in [-0.2, 0) is 22.9 Å². The maximum Gasteiger partial charge on any atom is 0.418 e. The number of hydrogen-bond donors (Lipinski definition) is 0. The molecule has 3 aliphatic heterocycles. The highest BCUT2D eigenvalue weighted by Gasteiger charge is 2.63. The molecular formula is C24H16F4N2O4. The number of fused-ring (bicyclic) bond motifs is 5. The van der Waals surface area contributed by atoms with Crippen molar-refractivity contribution >= 4 is 11.6 Å². The first-order valence-electron chi connectivity index (χ1n) is 10.5. The van der Waals surface area contributed by atoms with Crippen molar-refractivity contribution in [1.82, 2.24) is 4.98 Å². The van der Waals surface area contributed by atoms with E-state index < -0.39 is 36.0 Å². The van der Waals surface area contributed by atoms with Crippen LogP contribution in [-0.4, -0.2) is 30.5 Å². The maximum atomic E-state index is 15.7. The van der Waals surface area contributed by atoms with Crippen LogP contribution in [0.1, 0.15) is 22.4 Å². The molecule has 2 atom stereocenters. The van der Waals surface area contributed by atoms with Gasteiger partial charge in [-0.15, -0.1) is 0 Å². The number of carbonyl (C=O) groups is 1. The minimum atomic E-state index is -4.66. The highest BCUT2D eigenvalue weighted by Crippen LogP contribution is 2.58. The highest BCUT2D eigenvalue weighted by molar-refractivity contribution is 6.11. The molecule has 0 saturated carbocycles. The van der Waals surface area contributed by atoms with Crippen molar-refractivity contribution in [2.75, 3.05) is 18.1 Å². The van der Waals surface area contributed by atoms with Crippen LogP contribution in [0.3, 0.4) is 0 Å². The number of anilines is 1. The maximum absolute atomic E-state index is 15.7. The van der Waals surface area contributed by atoms with E-state index in [0.717, 1.165) is 11.0 Å². The van der Waals surface area contributed by atoms with Gasteiger partial charge in [0.15, 0.2) is 16.9 Å². The zero-order valence-corrected chi connectivity index (χ0v) is 17.4. The lowest BCUT2D eigenvalue weighted by Gasteiger charge is -2.26. The molecule has 6 rings (SSSR count). The van der Waals surface area contributed by atoms with Crippen LogP contribution in [0, 0.1) is 0 Å². The molecule has 1 aromatic heterocycles. The fourth-order valence-electron chi connectivity index (χ4n) is 4.89. The van der Waals surface area contributed by atoms with Gasteiger partial charge in [-0.1, -0.05) is 18.2 Å². The van der Waals surface area contributed by atoms with Crippen LogP contribution in [0.15, 0.2) is 54.7 Å². The molecule has 0 fully saturated rings. The van der Waals surface area contributed by atoms with Gasteiger partial charge in [-0.25, -0.2) is 0 Å². The Morgan fingerprint density at radius 2 is 1.74 bits per heavy atom. The van der Waals surface area contributed by atoms with Crippen molar-refractivity contribution < 1.29 is 36.6 Å². The number of benzene rings is 2. The standard InChI is InChI=1S/C24H16F4N2O4/c25-21-23(15-10-19-20(11-18(15)34-21)33-9-8-32-19)14-4-1-2-6-17(14)30(22(23)31)12-16-13(24(26,27)28)5-3-7-29-16/h1-7,10-11,21H,8-9,12H2. The number of hydrogen-bond acceptors (Lipinski definition) is 5. The molecule has 1 spiro atoms. The molecule has 0 N–H and O–H groups in total. The molecule has 4 heterocycles. The summed E-state index contributed by atoms with van der Waals surface area (Å²) >= 11 is 0. The molecule has 174 valence electrons. The Hall–Kier alpha value is -3.82. The molecule has 2 unspecified atom stereocenters. The van der Waals surface area contributed by atoms with Gasteiger partial charge in [0.25, 0.3) is 6.36 Å². The number of aromatic nitrogens is 1. The van der Waals surface area contributed by atoms with Gasteiger partial charge in [0, 0.05) is 29.1 Å². The smallest absolute Gasteiger partial charge is 0.418 e. The van der Waals surface area contributed by atoms with E-state index in [0.29, 0.717) is 29.4 Å². The van der Waals surface area contributed by atoms with Crippen molar-refractivity contribution in [3.63, 3.8) is 0 Å². The predicted molar refractivity (Wildman–Crippen MR) is 111 cm³/mol. The first-order chi connectivity index (χ1) is 16.3. The lowest BCUT2D eigenvalue weighted by Crippen LogP contribution is -2.46. The Labute approximate surface area is 190 Å². The summed E-state index contributed by atoms with van der Waals surface area (Å²) < 4.78 is 73.1. The molecule has 0 aliphatic carbocycles. The first-order valence-corrected chi connectivity index (χ1v) is 10.5. The van der Waals surface area contributed by atoms with E-state index in [9.17, 15) is 18.0 Å². The summed E-state index contributed by atoms with van der Waals surface area (Å²) in [5.41, 5.74) is -2.36. The molecule has 1 amide bonds. The third kappa shape index (κ3) is 2.74. The molecule has 34 heavy (non-hydrogen) atoms. The van der Waals surface area contributed by atoms with Gasteiger partial charge in [-0.2, -0.15) is 17.6 Å². The number of para-hydroxylation sites is 1. The molecule has 2 aromatic carbocycles. The van der Waals surface area contributed by atoms with E-state index in [-0.39, 0.29) is 23.6 Å². The SMILES string of the molecule is O=C1N(Cc2ncccc2C(F)(F)F)c2ccccc2C12c1cc3c(cc1OC2F)OCCO3. The minimum Gasteiger partial charge on any atom is -0.486 e. The lowest BCUT2D eigenvalue weighted by molar-refractivity contribution is -0.138. The Morgan fingerprint density at radius 3 is 2.50 bits per heavy atom. The Morgan fingerprint density at radius 1 is 1.00 bits per heavy atom. The summed E-state index contributed by atoms with van der Waals surface area (Å²) in [7, 11) is 0. The number of amides is 1. The Kier molecular flexibility index (Phi) is 4.33. The zero-order valence-electron chi connectivity index (χ0n) is 17.4. The van der Waals surface area contributed by atoms with Crippen LogP contribution < -0.4 is 19.1 Å². The molecule has 0 radical (unpaired) electrons. The molecular weight excluding hydrogens is 456 g/mol. The fourth-order valence-corrected chi connectivity index (χ4v) is 4.89. The average molecular weight is 472 g/mol. The highest BCUT2D eigenvalue weighted by atomic mass is 19.4. The number of alkyl halides is 4. The summed E-state index contributed by atoms with van der Waals surface area (Å²) in [6, 6.07) is 11.5. The van der Waals surface area contributed by atoms with E-state index in [1.54, 1.807) is 24.3 Å². The van der Waals surface area contributed by atoms with Gasteiger partial charge in [-0.3, -0.25) is 9.78 Å². The van der Waals surface area contributed by atoms with Crippen molar-refractivity contribution in [3.8, 4) is 17.2 Å². The number of carbonyl (C=O) groups excluding carboxylic acids is 1. The Bertz CT molecular complexity index is 1330. The van der Waals surface area contributed by atoms with Crippen LogP contribution >= 0.6 is 0 Å². The quantitative estimate of drug-likeness (QED) is 0.518. The van der Waals surface area contributed by atoms with Crippen LogP contribution in [0.4, 0.5) is 23.2 Å². The van der Waals surface area contributed by atoms with Crippen molar-refractivity contribution in [2.24, 2.45) is 0 Å².